The number of likely N-dealkylation sites (tertiary alicyclic amines) is 1. The van der Waals surface area contributed by atoms with Crippen LogP contribution in [0.15, 0.2) is 4.52 Å². The maximum atomic E-state index is 11.0. The highest BCUT2D eigenvalue weighted by atomic mass is 16.5. The molecule has 0 radical (unpaired) electrons. The second-order valence-corrected chi connectivity index (χ2v) is 5.06. The van der Waals surface area contributed by atoms with Crippen molar-refractivity contribution in [2.24, 2.45) is 5.92 Å². The molecule has 1 aliphatic heterocycles. The summed E-state index contributed by atoms with van der Waals surface area (Å²) in [5.74, 6) is 1.90. The summed E-state index contributed by atoms with van der Waals surface area (Å²) < 4.78 is 5.19. The van der Waals surface area contributed by atoms with Crippen LogP contribution in [0.25, 0.3) is 0 Å². The zero-order valence-electron chi connectivity index (χ0n) is 11.2. The van der Waals surface area contributed by atoms with Crippen molar-refractivity contribution in [2.45, 2.75) is 39.5 Å². The van der Waals surface area contributed by atoms with Crippen molar-refractivity contribution in [3.63, 3.8) is 0 Å². The first-order valence-electron chi connectivity index (χ1n) is 6.70. The fourth-order valence-corrected chi connectivity index (χ4v) is 2.42. The SMILES string of the molecule is CCN1CCC(Cc2nc(CC(C)=O)no2)CC1. The average molecular weight is 251 g/mol. The molecule has 0 unspecified atom stereocenters. The molecular weight excluding hydrogens is 230 g/mol. The molecule has 0 aromatic carbocycles. The molecule has 2 rings (SSSR count). The van der Waals surface area contributed by atoms with Gasteiger partial charge >= 0.3 is 0 Å². The van der Waals surface area contributed by atoms with Crippen LogP contribution in [-0.4, -0.2) is 40.5 Å². The Morgan fingerprint density at radius 2 is 2.17 bits per heavy atom. The van der Waals surface area contributed by atoms with E-state index in [0.717, 1.165) is 26.1 Å². The van der Waals surface area contributed by atoms with E-state index in [4.69, 9.17) is 4.52 Å². The molecule has 0 aliphatic carbocycles. The number of nitrogens with zero attached hydrogens (tertiary/aromatic N) is 3. The van der Waals surface area contributed by atoms with Crippen molar-refractivity contribution in [3.05, 3.63) is 11.7 Å². The van der Waals surface area contributed by atoms with Crippen molar-refractivity contribution < 1.29 is 9.32 Å². The lowest BCUT2D eigenvalue weighted by Crippen LogP contribution is -2.34. The molecule has 0 saturated carbocycles. The quantitative estimate of drug-likeness (QED) is 0.793. The van der Waals surface area contributed by atoms with E-state index < -0.39 is 0 Å². The van der Waals surface area contributed by atoms with Crippen LogP contribution in [0.3, 0.4) is 0 Å². The lowest BCUT2D eigenvalue weighted by atomic mass is 9.93. The van der Waals surface area contributed by atoms with Gasteiger partial charge in [-0.15, -0.1) is 0 Å². The Bertz CT molecular complexity index is 395. The third kappa shape index (κ3) is 3.63. The van der Waals surface area contributed by atoms with Crippen LogP contribution in [0, 0.1) is 5.92 Å². The fraction of sp³-hybridized carbons (Fsp3) is 0.769. The summed E-state index contributed by atoms with van der Waals surface area (Å²) in [6.07, 6.45) is 3.51. The summed E-state index contributed by atoms with van der Waals surface area (Å²) in [4.78, 5) is 17.7. The van der Waals surface area contributed by atoms with Gasteiger partial charge in [0.05, 0.1) is 6.42 Å². The minimum atomic E-state index is 0.0682. The number of aromatic nitrogens is 2. The highest BCUT2D eigenvalue weighted by Gasteiger charge is 2.20. The summed E-state index contributed by atoms with van der Waals surface area (Å²) >= 11 is 0. The molecular formula is C13H21N3O2. The molecule has 0 spiro atoms. The van der Waals surface area contributed by atoms with E-state index in [0.29, 0.717) is 17.6 Å². The van der Waals surface area contributed by atoms with Gasteiger partial charge in [0.25, 0.3) is 0 Å². The number of Topliss-reactive ketones (excluding diaryl/α,β-unsaturated/α-hetero) is 1. The molecule has 1 aromatic heterocycles. The third-order valence-corrected chi connectivity index (χ3v) is 3.53. The van der Waals surface area contributed by atoms with E-state index in [1.54, 1.807) is 0 Å². The zero-order valence-corrected chi connectivity index (χ0v) is 11.2. The van der Waals surface area contributed by atoms with Crippen LogP contribution in [0.2, 0.25) is 0 Å². The Morgan fingerprint density at radius 1 is 1.44 bits per heavy atom. The number of ketones is 1. The summed E-state index contributed by atoms with van der Waals surface area (Å²) in [6.45, 7) is 7.20. The second-order valence-electron chi connectivity index (χ2n) is 5.06. The highest BCUT2D eigenvalue weighted by molar-refractivity contribution is 5.77. The van der Waals surface area contributed by atoms with E-state index in [9.17, 15) is 4.79 Å². The standard InChI is InChI=1S/C13H21N3O2/c1-3-16-6-4-11(5-7-16)9-13-14-12(15-18-13)8-10(2)17/h11H,3-9H2,1-2H3. The monoisotopic (exact) mass is 251 g/mol. The van der Waals surface area contributed by atoms with Gasteiger partial charge in [0.1, 0.15) is 5.78 Å². The predicted octanol–water partition coefficient (Wildman–Crippen LogP) is 1.48. The average Bonchev–Trinajstić information content (AvgIpc) is 2.76. The van der Waals surface area contributed by atoms with E-state index in [1.165, 1.54) is 19.8 Å². The first kappa shape index (κ1) is 13.2. The largest absolute Gasteiger partial charge is 0.339 e. The molecule has 2 heterocycles. The molecule has 5 nitrogen and oxygen atoms in total. The maximum Gasteiger partial charge on any atom is 0.226 e. The van der Waals surface area contributed by atoms with Crippen LogP contribution < -0.4 is 0 Å². The number of carbonyl (C=O) groups is 1. The van der Waals surface area contributed by atoms with Crippen molar-refractivity contribution in [1.29, 1.82) is 0 Å². The van der Waals surface area contributed by atoms with E-state index in [1.807, 2.05) is 0 Å². The van der Waals surface area contributed by atoms with Crippen LogP contribution in [-0.2, 0) is 17.6 Å². The van der Waals surface area contributed by atoms with E-state index >= 15 is 0 Å². The van der Waals surface area contributed by atoms with Crippen molar-refractivity contribution >= 4 is 5.78 Å². The van der Waals surface area contributed by atoms with Gasteiger partial charge < -0.3 is 9.42 Å². The van der Waals surface area contributed by atoms with Gasteiger partial charge in [0.15, 0.2) is 5.82 Å². The minimum absolute atomic E-state index is 0.0682. The molecule has 0 N–H and O–H groups in total. The Labute approximate surface area is 108 Å². The highest BCUT2D eigenvalue weighted by Crippen LogP contribution is 2.20. The van der Waals surface area contributed by atoms with Crippen LogP contribution in [0.5, 0.6) is 0 Å². The van der Waals surface area contributed by atoms with Crippen LogP contribution in [0.4, 0.5) is 0 Å². The molecule has 5 heteroatoms. The number of hydrogen-bond acceptors (Lipinski definition) is 5. The molecule has 1 fully saturated rings. The molecule has 100 valence electrons. The molecule has 18 heavy (non-hydrogen) atoms. The first-order valence-corrected chi connectivity index (χ1v) is 6.70. The molecule has 1 aliphatic rings. The number of piperidine rings is 1. The first-order chi connectivity index (χ1) is 8.67. The number of carbonyl (C=O) groups excluding carboxylic acids is 1. The zero-order chi connectivity index (χ0) is 13.0. The van der Waals surface area contributed by atoms with Crippen molar-refractivity contribution in [2.75, 3.05) is 19.6 Å². The van der Waals surface area contributed by atoms with Gasteiger partial charge in [-0.3, -0.25) is 4.79 Å². The summed E-state index contributed by atoms with van der Waals surface area (Å²) in [6, 6.07) is 0. The molecule has 0 atom stereocenters. The topological polar surface area (TPSA) is 59.2 Å². The summed E-state index contributed by atoms with van der Waals surface area (Å²) in [5.41, 5.74) is 0. The van der Waals surface area contributed by atoms with Gasteiger partial charge in [0, 0.05) is 6.42 Å². The van der Waals surface area contributed by atoms with Crippen molar-refractivity contribution in [3.8, 4) is 0 Å². The van der Waals surface area contributed by atoms with Gasteiger partial charge in [-0.25, -0.2) is 0 Å². The minimum Gasteiger partial charge on any atom is -0.339 e. The van der Waals surface area contributed by atoms with E-state index in [-0.39, 0.29) is 12.2 Å². The lowest BCUT2D eigenvalue weighted by Gasteiger charge is -2.30. The summed E-state index contributed by atoms with van der Waals surface area (Å²) in [7, 11) is 0. The molecule has 0 amide bonds. The lowest BCUT2D eigenvalue weighted by molar-refractivity contribution is -0.116. The van der Waals surface area contributed by atoms with Crippen molar-refractivity contribution in [1.82, 2.24) is 15.0 Å². The molecule has 1 aromatic rings. The predicted molar refractivity (Wildman–Crippen MR) is 67.2 cm³/mol. The Hall–Kier alpha value is -1.23. The smallest absolute Gasteiger partial charge is 0.226 e. The van der Waals surface area contributed by atoms with Gasteiger partial charge in [-0.05, 0) is 45.3 Å². The molecule has 0 bridgehead atoms. The fourth-order valence-electron chi connectivity index (χ4n) is 2.42. The van der Waals surface area contributed by atoms with Gasteiger partial charge in [-0.2, -0.15) is 4.98 Å². The molecule has 1 saturated heterocycles. The van der Waals surface area contributed by atoms with Gasteiger partial charge in [-0.1, -0.05) is 12.1 Å². The Kier molecular flexibility index (Phi) is 4.47. The Morgan fingerprint density at radius 3 is 2.78 bits per heavy atom. The van der Waals surface area contributed by atoms with Crippen LogP contribution >= 0.6 is 0 Å². The summed E-state index contributed by atoms with van der Waals surface area (Å²) in [5, 5.41) is 3.84. The number of hydrogen-bond donors (Lipinski definition) is 0. The number of rotatable bonds is 5. The van der Waals surface area contributed by atoms with Crippen LogP contribution in [0.1, 0.15) is 38.4 Å². The normalized spacial score (nSPS) is 18.1. The maximum absolute atomic E-state index is 11.0. The third-order valence-electron chi connectivity index (χ3n) is 3.53. The van der Waals surface area contributed by atoms with Gasteiger partial charge in [0.2, 0.25) is 5.89 Å². The van der Waals surface area contributed by atoms with E-state index in [2.05, 4.69) is 22.0 Å². The Balaban J connectivity index is 1.83. The second kappa shape index (κ2) is 6.09.